The molecule has 2 rings (SSSR count). The van der Waals surface area contributed by atoms with Crippen molar-refractivity contribution in [3.05, 3.63) is 24.0 Å². The van der Waals surface area contributed by atoms with E-state index in [0.717, 1.165) is 6.42 Å². The van der Waals surface area contributed by atoms with E-state index in [4.69, 9.17) is 9.84 Å². The van der Waals surface area contributed by atoms with Crippen molar-refractivity contribution in [2.75, 3.05) is 26.8 Å². The molecule has 0 aliphatic carbocycles. The standard InChI is InChI=1S/C14H20N2O4/c1-20-9-8-15-6-3-5-12(15)13(17)16-7-2-4-11(10-16)14(18)19/h3,5-6,11H,2,4,7-10H2,1H3,(H,18,19). The van der Waals surface area contributed by atoms with Gasteiger partial charge in [-0.1, -0.05) is 0 Å². The summed E-state index contributed by atoms with van der Waals surface area (Å²) in [5.41, 5.74) is 0.591. The minimum Gasteiger partial charge on any atom is -0.481 e. The molecule has 6 heteroatoms. The van der Waals surface area contributed by atoms with Crippen LogP contribution in [0.5, 0.6) is 0 Å². The average Bonchev–Trinajstić information content (AvgIpc) is 2.92. The van der Waals surface area contributed by atoms with E-state index >= 15 is 0 Å². The molecule has 0 radical (unpaired) electrons. The third-order valence-electron chi connectivity index (χ3n) is 3.64. The summed E-state index contributed by atoms with van der Waals surface area (Å²) in [7, 11) is 1.62. The van der Waals surface area contributed by atoms with Gasteiger partial charge in [-0.25, -0.2) is 0 Å². The number of aliphatic carboxylic acids is 1. The number of likely N-dealkylation sites (tertiary alicyclic amines) is 1. The van der Waals surface area contributed by atoms with Crippen molar-refractivity contribution in [3.8, 4) is 0 Å². The Morgan fingerprint density at radius 1 is 1.50 bits per heavy atom. The molecule has 1 unspecified atom stereocenters. The fourth-order valence-electron chi connectivity index (χ4n) is 2.52. The molecule has 1 N–H and O–H groups in total. The molecule has 0 bridgehead atoms. The van der Waals surface area contributed by atoms with Crippen LogP contribution in [-0.2, 0) is 16.1 Å². The summed E-state index contributed by atoms with van der Waals surface area (Å²) in [6, 6.07) is 3.59. The number of hydrogen-bond acceptors (Lipinski definition) is 3. The number of hydrogen-bond donors (Lipinski definition) is 1. The molecular weight excluding hydrogens is 260 g/mol. The zero-order valence-electron chi connectivity index (χ0n) is 11.6. The largest absolute Gasteiger partial charge is 0.481 e. The number of amides is 1. The highest BCUT2D eigenvalue weighted by Gasteiger charge is 2.29. The second kappa shape index (κ2) is 6.56. The van der Waals surface area contributed by atoms with E-state index in [1.807, 2.05) is 16.8 Å². The Bertz CT molecular complexity index is 483. The number of ether oxygens (including phenoxy) is 1. The second-order valence-corrected chi connectivity index (χ2v) is 5.01. The summed E-state index contributed by atoms with van der Waals surface area (Å²) in [6.45, 7) is 2.06. The first-order valence-electron chi connectivity index (χ1n) is 6.79. The zero-order chi connectivity index (χ0) is 14.5. The first-order chi connectivity index (χ1) is 9.63. The van der Waals surface area contributed by atoms with Crippen LogP contribution in [0.3, 0.4) is 0 Å². The summed E-state index contributed by atoms with van der Waals surface area (Å²) in [5.74, 6) is -1.37. The van der Waals surface area contributed by atoms with Gasteiger partial charge in [0.15, 0.2) is 0 Å². The first-order valence-corrected chi connectivity index (χ1v) is 6.79. The molecule has 1 aliphatic rings. The molecule has 1 aromatic rings. The predicted octanol–water partition coefficient (Wildman–Crippen LogP) is 1.07. The molecule has 6 nitrogen and oxygen atoms in total. The van der Waals surface area contributed by atoms with Gasteiger partial charge in [-0.3, -0.25) is 9.59 Å². The fraction of sp³-hybridized carbons (Fsp3) is 0.571. The monoisotopic (exact) mass is 280 g/mol. The lowest BCUT2D eigenvalue weighted by Crippen LogP contribution is -2.43. The second-order valence-electron chi connectivity index (χ2n) is 5.01. The maximum Gasteiger partial charge on any atom is 0.308 e. The van der Waals surface area contributed by atoms with Gasteiger partial charge in [-0.15, -0.1) is 0 Å². The van der Waals surface area contributed by atoms with Gasteiger partial charge in [0.2, 0.25) is 0 Å². The molecule has 1 aliphatic heterocycles. The number of carbonyl (C=O) groups is 2. The fourth-order valence-corrected chi connectivity index (χ4v) is 2.52. The Morgan fingerprint density at radius 3 is 3.00 bits per heavy atom. The summed E-state index contributed by atoms with van der Waals surface area (Å²) in [4.78, 5) is 25.2. The van der Waals surface area contributed by atoms with E-state index in [-0.39, 0.29) is 5.91 Å². The maximum atomic E-state index is 12.5. The molecule has 1 fully saturated rings. The highest BCUT2D eigenvalue weighted by atomic mass is 16.5. The van der Waals surface area contributed by atoms with E-state index < -0.39 is 11.9 Å². The van der Waals surface area contributed by atoms with Crippen LogP contribution in [0.2, 0.25) is 0 Å². The number of carbonyl (C=O) groups excluding carboxylic acids is 1. The maximum absolute atomic E-state index is 12.5. The Kier molecular flexibility index (Phi) is 4.79. The van der Waals surface area contributed by atoms with Crippen molar-refractivity contribution in [1.29, 1.82) is 0 Å². The lowest BCUT2D eigenvalue weighted by molar-refractivity contribution is -0.143. The van der Waals surface area contributed by atoms with Crippen molar-refractivity contribution < 1.29 is 19.4 Å². The van der Waals surface area contributed by atoms with Crippen molar-refractivity contribution in [2.24, 2.45) is 5.92 Å². The van der Waals surface area contributed by atoms with E-state index in [9.17, 15) is 9.59 Å². The van der Waals surface area contributed by atoms with Gasteiger partial charge in [0.1, 0.15) is 5.69 Å². The number of carboxylic acid groups (broad SMARTS) is 1. The first kappa shape index (κ1) is 14.6. The molecule has 0 aromatic carbocycles. The molecular formula is C14H20N2O4. The topological polar surface area (TPSA) is 71.8 Å². The molecule has 1 atom stereocenters. The minimum atomic E-state index is -0.822. The summed E-state index contributed by atoms with van der Waals surface area (Å²) in [6.07, 6.45) is 3.22. The molecule has 1 saturated heterocycles. The van der Waals surface area contributed by atoms with E-state index in [2.05, 4.69) is 0 Å². The van der Waals surface area contributed by atoms with Crippen molar-refractivity contribution in [2.45, 2.75) is 19.4 Å². The summed E-state index contributed by atoms with van der Waals surface area (Å²) in [5, 5.41) is 9.08. The van der Waals surface area contributed by atoms with Crippen LogP contribution in [0.1, 0.15) is 23.3 Å². The number of methoxy groups -OCH3 is 1. The van der Waals surface area contributed by atoms with Gasteiger partial charge in [0, 0.05) is 32.9 Å². The average molecular weight is 280 g/mol. The molecule has 2 heterocycles. The van der Waals surface area contributed by atoms with Crippen molar-refractivity contribution in [1.82, 2.24) is 9.47 Å². The zero-order valence-corrected chi connectivity index (χ0v) is 11.6. The molecule has 110 valence electrons. The highest BCUT2D eigenvalue weighted by Crippen LogP contribution is 2.19. The Morgan fingerprint density at radius 2 is 2.30 bits per heavy atom. The van der Waals surface area contributed by atoms with Crippen molar-refractivity contribution >= 4 is 11.9 Å². The highest BCUT2D eigenvalue weighted by molar-refractivity contribution is 5.93. The Hall–Kier alpha value is -1.82. The molecule has 20 heavy (non-hydrogen) atoms. The predicted molar refractivity (Wildman–Crippen MR) is 72.6 cm³/mol. The lowest BCUT2D eigenvalue weighted by Gasteiger charge is -2.31. The van der Waals surface area contributed by atoms with Gasteiger partial charge < -0.3 is 19.3 Å². The molecule has 1 aromatic heterocycles. The van der Waals surface area contributed by atoms with Gasteiger partial charge >= 0.3 is 5.97 Å². The number of nitrogens with zero attached hydrogens (tertiary/aromatic N) is 2. The van der Waals surface area contributed by atoms with Crippen molar-refractivity contribution in [3.63, 3.8) is 0 Å². The SMILES string of the molecule is COCCn1cccc1C(=O)N1CCCC(C(=O)O)C1. The lowest BCUT2D eigenvalue weighted by atomic mass is 9.98. The van der Waals surface area contributed by atoms with Crippen LogP contribution < -0.4 is 0 Å². The smallest absolute Gasteiger partial charge is 0.308 e. The van der Waals surface area contributed by atoms with E-state index in [1.165, 1.54) is 0 Å². The van der Waals surface area contributed by atoms with Gasteiger partial charge in [-0.2, -0.15) is 0 Å². The normalized spacial score (nSPS) is 19.1. The number of aromatic nitrogens is 1. The number of rotatable bonds is 5. The van der Waals surface area contributed by atoms with Gasteiger partial charge in [0.05, 0.1) is 12.5 Å². The van der Waals surface area contributed by atoms with Crippen LogP contribution in [-0.4, -0.2) is 53.3 Å². The van der Waals surface area contributed by atoms with Crippen LogP contribution in [0.4, 0.5) is 0 Å². The van der Waals surface area contributed by atoms with Gasteiger partial charge in [0.25, 0.3) is 5.91 Å². The molecule has 0 saturated carbocycles. The van der Waals surface area contributed by atoms with Crippen LogP contribution in [0.25, 0.3) is 0 Å². The third kappa shape index (κ3) is 3.19. The third-order valence-corrected chi connectivity index (χ3v) is 3.64. The minimum absolute atomic E-state index is 0.1000. The van der Waals surface area contributed by atoms with Crippen LogP contribution in [0, 0.1) is 5.92 Å². The summed E-state index contributed by atoms with van der Waals surface area (Å²) < 4.78 is 6.86. The van der Waals surface area contributed by atoms with Gasteiger partial charge in [-0.05, 0) is 25.0 Å². The van der Waals surface area contributed by atoms with Crippen LogP contribution >= 0.6 is 0 Å². The summed E-state index contributed by atoms with van der Waals surface area (Å²) >= 11 is 0. The quantitative estimate of drug-likeness (QED) is 0.875. The number of piperidine rings is 1. The Labute approximate surface area is 117 Å². The number of carboxylic acids is 1. The molecule has 1 amide bonds. The van der Waals surface area contributed by atoms with E-state index in [0.29, 0.717) is 38.4 Å². The molecule has 0 spiro atoms. The van der Waals surface area contributed by atoms with Crippen LogP contribution in [0.15, 0.2) is 18.3 Å². The Balaban J connectivity index is 2.07. The van der Waals surface area contributed by atoms with E-state index in [1.54, 1.807) is 18.1 Å².